The lowest BCUT2D eigenvalue weighted by Crippen LogP contribution is -2.14. The fraction of sp³-hybridized carbons (Fsp3) is 0.182. The van der Waals surface area contributed by atoms with E-state index in [4.69, 9.17) is 9.47 Å². The molecular weight excluding hydrogens is 328 g/mol. The summed E-state index contributed by atoms with van der Waals surface area (Å²) in [6, 6.07) is 13.6. The van der Waals surface area contributed by atoms with Gasteiger partial charge in [-0.3, -0.25) is 4.79 Å². The van der Waals surface area contributed by atoms with Crippen LogP contribution < -0.4 is 0 Å². The van der Waals surface area contributed by atoms with Gasteiger partial charge >= 0.3 is 11.9 Å². The summed E-state index contributed by atoms with van der Waals surface area (Å²) in [5.74, 6) is -0.752. The third-order valence-electron chi connectivity index (χ3n) is 4.17. The Morgan fingerprint density at radius 3 is 2.42 bits per heavy atom. The van der Waals surface area contributed by atoms with Crippen molar-refractivity contribution in [1.29, 1.82) is 0 Å². The molecule has 4 heteroatoms. The lowest BCUT2D eigenvalue weighted by atomic mass is 9.95. The van der Waals surface area contributed by atoms with Crippen LogP contribution in [0.5, 0.6) is 0 Å². The van der Waals surface area contributed by atoms with Crippen LogP contribution in [0.3, 0.4) is 0 Å². The molecule has 0 radical (unpaired) electrons. The molecule has 26 heavy (non-hydrogen) atoms. The highest BCUT2D eigenvalue weighted by Gasteiger charge is 2.25. The molecule has 0 fully saturated rings. The second-order valence-corrected chi connectivity index (χ2v) is 6.27. The Bertz CT molecular complexity index is 908. The number of esters is 2. The van der Waals surface area contributed by atoms with E-state index in [1.165, 1.54) is 6.92 Å². The molecule has 2 aromatic rings. The lowest BCUT2D eigenvalue weighted by Gasteiger charge is -2.21. The molecule has 0 bridgehead atoms. The molecule has 0 spiro atoms. The van der Waals surface area contributed by atoms with Crippen molar-refractivity contribution in [3.63, 3.8) is 0 Å². The number of carbonyl (C=O) groups excluding carboxylic acids is 2. The molecule has 0 aliphatic heterocycles. The van der Waals surface area contributed by atoms with E-state index >= 15 is 0 Å². The Kier molecular flexibility index (Phi) is 5.03. The zero-order chi connectivity index (χ0) is 18.7. The Hall–Kier alpha value is -3.14. The monoisotopic (exact) mass is 348 g/mol. The van der Waals surface area contributed by atoms with Crippen LogP contribution in [0.15, 0.2) is 54.6 Å². The summed E-state index contributed by atoms with van der Waals surface area (Å²) in [7, 11) is 0. The van der Waals surface area contributed by atoms with Crippen molar-refractivity contribution in [3.8, 4) is 0 Å². The fourth-order valence-corrected chi connectivity index (χ4v) is 2.87. The number of carbonyl (C=O) groups is 2. The summed E-state index contributed by atoms with van der Waals surface area (Å²) in [6.45, 7) is 6.89. The molecule has 1 unspecified atom stereocenters. The van der Waals surface area contributed by atoms with Gasteiger partial charge in [0.25, 0.3) is 0 Å². The van der Waals surface area contributed by atoms with Crippen molar-refractivity contribution in [2.75, 3.05) is 0 Å². The molecular formula is C22H20O4. The lowest BCUT2D eigenvalue weighted by molar-refractivity contribution is -0.143. The van der Waals surface area contributed by atoms with Crippen LogP contribution in [0.4, 0.5) is 0 Å². The van der Waals surface area contributed by atoms with E-state index in [1.807, 2.05) is 54.6 Å². The predicted molar refractivity (Wildman–Crippen MR) is 100 cm³/mol. The summed E-state index contributed by atoms with van der Waals surface area (Å²) in [6.07, 6.45) is 3.46. The summed E-state index contributed by atoms with van der Waals surface area (Å²) in [5, 5.41) is 0. The minimum Gasteiger partial charge on any atom is -0.461 e. The molecule has 0 heterocycles. The molecule has 3 rings (SSSR count). The average Bonchev–Trinajstić information content (AvgIpc) is 2.77. The maximum absolute atomic E-state index is 12.2. The summed E-state index contributed by atoms with van der Waals surface area (Å²) >= 11 is 0. The van der Waals surface area contributed by atoms with Crippen LogP contribution >= 0.6 is 0 Å². The van der Waals surface area contributed by atoms with Crippen molar-refractivity contribution in [2.45, 2.75) is 26.6 Å². The first-order chi connectivity index (χ1) is 12.5. The van der Waals surface area contributed by atoms with Gasteiger partial charge in [-0.2, -0.15) is 0 Å². The second-order valence-electron chi connectivity index (χ2n) is 6.27. The van der Waals surface area contributed by atoms with Crippen molar-refractivity contribution < 1.29 is 19.1 Å². The summed E-state index contributed by atoms with van der Waals surface area (Å²) < 4.78 is 10.8. The van der Waals surface area contributed by atoms with Gasteiger partial charge in [-0.05, 0) is 29.7 Å². The Labute approximate surface area is 152 Å². The standard InChI is InChI=1S/C22H20O4/c1-14(2)22(24)26-21-19-7-5-4-6-17(19)9-10-18-12-16(8-11-20(18)21)13-25-15(3)23/h4-12,21H,1,13H2,2-3H3. The van der Waals surface area contributed by atoms with Gasteiger partial charge in [0.1, 0.15) is 6.61 Å². The van der Waals surface area contributed by atoms with E-state index < -0.39 is 12.1 Å². The highest BCUT2D eigenvalue weighted by Crippen LogP contribution is 2.36. The first-order valence-corrected chi connectivity index (χ1v) is 8.35. The Morgan fingerprint density at radius 1 is 1.00 bits per heavy atom. The third kappa shape index (κ3) is 3.75. The van der Waals surface area contributed by atoms with E-state index in [9.17, 15) is 9.59 Å². The molecule has 0 aromatic heterocycles. The van der Waals surface area contributed by atoms with E-state index in [-0.39, 0.29) is 12.6 Å². The molecule has 0 saturated carbocycles. The number of fused-ring (bicyclic) bond motifs is 2. The maximum Gasteiger partial charge on any atom is 0.334 e. The number of rotatable bonds is 4. The zero-order valence-electron chi connectivity index (χ0n) is 14.8. The fourth-order valence-electron chi connectivity index (χ4n) is 2.87. The largest absolute Gasteiger partial charge is 0.461 e. The first-order valence-electron chi connectivity index (χ1n) is 8.35. The van der Waals surface area contributed by atoms with Gasteiger partial charge in [0.15, 0.2) is 6.10 Å². The van der Waals surface area contributed by atoms with Crippen molar-refractivity contribution in [3.05, 3.63) is 82.4 Å². The van der Waals surface area contributed by atoms with E-state index in [0.29, 0.717) is 5.57 Å². The van der Waals surface area contributed by atoms with Gasteiger partial charge in [-0.25, -0.2) is 4.79 Å². The second kappa shape index (κ2) is 7.40. The molecule has 0 N–H and O–H groups in total. The zero-order valence-corrected chi connectivity index (χ0v) is 14.8. The molecule has 1 atom stereocenters. The van der Waals surface area contributed by atoms with E-state index in [0.717, 1.165) is 27.8 Å². The molecule has 2 aromatic carbocycles. The average molecular weight is 348 g/mol. The quantitative estimate of drug-likeness (QED) is 0.605. The van der Waals surface area contributed by atoms with Gasteiger partial charge < -0.3 is 9.47 Å². The van der Waals surface area contributed by atoms with E-state index in [1.54, 1.807) is 6.92 Å². The van der Waals surface area contributed by atoms with Crippen molar-refractivity contribution in [1.82, 2.24) is 0 Å². The van der Waals surface area contributed by atoms with Gasteiger partial charge in [0.05, 0.1) is 0 Å². The smallest absolute Gasteiger partial charge is 0.334 e. The molecule has 1 aliphatic rings. The number of ether oxygens (including phenoxy) is 2. The number of hydrogen-bond acceptors (Lipinski definition) is 4. The van der Waals surface area contributed by atoms with E-state index in [2.05, 4.69) is 6.58 Å². The highest BCUT2D eigenvalue weighted by atomic mass is 16.5. The topological polar surface area (TPSA) is 52.6 Å². The van der Waals surface area contributed by atoms with Crippen LogP contribution in [0, 0.1) is 0 Å². The number of hydrogen-bond donors (Lipinski definition) is 0. The van der Waals surface area contributed by atoms with Crippen molar-refractivity contribution in [2.24, 2.45) is 0 Å². The summed E-state index contributed by atoms with van der Waals surface area (Å²) in [5.41, 5.74) is 4.94. The van der Waals surface area contributed by atoms with Crippen LogP contribution in [0.25, 0.3) is 12.2 Å². The number of benzene rings is 2. The molecule has 132 valence electrons. The minimum atomic E-state index is -0.525. The van der Waals surface area contributed by atoms with Gasteiger partial charge in [-0.15, -0.1) is 0 Å². The predicted octanol–water partition coefficient (Wildman–Crippen LogP) is 4.44. The van der Waals surface area contributed by atoms with Gasteiger partial charge in [0.2, 0.25) is 0 Å². The maximum atomic E-state index is 12.2. The normalized spacial score (nSPS) is 14.6. The van der Waals surface area contributed by atoms with Gasteiger partial charge in [-0.1, -0.05) is 55.1 Å². The van der Waals surface area contributed by atoms with Crippen molar-refractivity contribution >= 4 is 24.1 Å². The highest BCUT2D eigenvalue weighted by molar-refractivity contribution is 5.88. The molecule has 1 aliphatic carbocycles. The SMILES string of the molecule is C=C(C)C(=O)OC1c2ccccc2C=Cc2cc(COC(C)=O)ccc21. The molecule has 4 nitrogen and oxygen atoms in total. The molecule has 0 saturated heterocycles. The van der Waals surface area contributed by atoms with Crippen LogP contribution in [0.1, 0.15) is 47.8 Å². The van der Waals surface area contributed by atoms with Crippen LogP contribution in [-0.2, 0) is 25.7 Å². The summed E-state index contributed by atoms with van der Waals surface area (Å²) in [4.78, 5) is 23.2. The third-order valence-corrected chi connectivity index (χ3v) is 4.17. The first kappa shape index (κ1) is 17.7. The van der Waals surface area contributed by atoms with Crippen LogP contribution in [0.2, 0.25) is 0 Å². The Balaban J connectivity index is 2.04. The minimum absolute atomic E-state index is 0.208. The van der Waals surface area contributed by atoms with Crippen LogP contribution in [-0.4, -0.2) is 11.9 Å². The molecule has 0 amide bonds. The Morgan fingerprint density at radius 2 is 1.69 bits per heavy atom. The van der Waals surface area contributed by atoms with Gasteiger partial charge in [0, 0.05) is 23.6 Å².